The van der Waals surface area contributed by atoms with Crippen LogP contribution >= 0.6 is 0 Å². The van der Waals surface area contributed by atoms with E-state index in [1.807, 2.05) is 14.1 Å². The van der Waals surface area contributed by atoms with Gasteiger partial charge in [0.15, 0.2) is 0 Å². The molecule has 1 N–H and O–H groups in total. The first-order valence-corrected chi connectivity index (χ1v) is 7.75. The normalized spacial score (nSPS) is 19.1. The predicted molar refractivity (Wildman–Crippen MR) is 70.6 cm³/mol. The number of nitrogens with zero attached hydrogens (tertiary/aromatic N) is 2. The molecule has 102 valence electrons. The molecule has 0 atom stereocenters. The topological polar surface area (TPSA) is 52.7 Å². The monoisotopic (exact) mass is 263 g/mol. The van der Waals surface area contributed by atoms with E-state index >= 15 is 0 Å². The summed E-state index contributed by atoms with van der Waals surface area (Å²) in [6.07, 6.45) is 2.36. The molecule has 0 aromatic rings. The van der Waals surface area contributed by atoms with Gasteiger partial charge in [-0.2, -0.15) is 0 Å². The lowest BCUT2D eigenvalue weighted by Crippen LogP contribution is -2.43. The average Bonchev–Trinajstić information content (AvgIpc) is 2.29. The summed E-state index contributed by atoms with van der Waals surface area (Å²) in [6, 6.07) is 0. The van der Waals surface area contributed by atoms with Gasteiger partial charge in [-0.3, -0.25) is 0 Å². The zero-order chi connectivity index (χ0) is 12.9. The number of rotatable bonds is 6. The van der Waals surface area contributed by atoms with E-state index in [0.717, 1.165) is 38.9 Å². The molecule has 0 amide bonds. The average molecular weight is 263 g/mol. The Hall–Kier alpha value is -0.170. The van der Waals surface area contributed by atoms with Crippen LogP contribution in [0.3, 0.4) is 0 Å². The van der Waals surface area contributed by atoms with Crippen LogP contribution in [-0.2, 0) is 10.0 Å². The van der Waals surface area contributed by atoms with Gasteiger partial charge in [0.1, 0.15) is 0 Å². The van der Waals surface area contributed by atoms with Crippen molar-refractivity contribution < 1.29 is 8.42 Å². The van der Waals surface area contributed by atoms with Gasteiger partial charge < -0.3 is 10.2 Å². The maximum atomic E-state index is 12.2. The Labute approximate surface area is 105 Å². The summed E-state index contributed by atoms with van der Waals surface area (Å²) in [5, 5.41) is 3.01. The second-order valence-electron chi connectivity index (χ2n) is 4.97. The van der Waals surface area contributed by atoms with Crippen molar-refractivity contribution in [2.75, 3.05) is 47.3 Å². The minimum atomic E-state index is -3.09. The first-order valence-electron chi connectivity index (χ1n) is 6.25. The van der Waals surface area contributed by atoms with Crippen LogP contribution in [0.2, 0.25) is 0 Å². The highest BCUT2D eigenvalue weighted by Crippen LogP contribution is 2.16. The fraction of sp³-hybridized carbons (Fsp3) is 1.00. The second kappa shape index (κ2) is 6.68. The zero-order valence-electron chi connectivity index (χ0n) is 11.1. The van der Waals surface area contributed by atoms with Gasteiger partial charge in [0.05, 0.1) is 5.25 Å². The van der Waals surface area contributed by atoms with Gasteiger partial charge in [0.25, 0.3) is 0 Å². The Kier molecular flexibility index (Phi) is 5.85. The smallest absolute Gasteiger partial charge is 0.216 e. The highest BCUT2D eigenvalue weighted by molar-refractivity contribution is 7.89. The molecule has 0 bridgehead atoms. The van der Waals surface area contributed by atoms with Crippen molar-refractivity contribution in [2.45, 2.75) is 24.5 Å². The van der Waals surface area contributed by atoms with Crippen LogP contribution < -0.4 is 5.32 Å². The molecular formula is C11H25N3O2S. The van der Waals surface area contributed by atoms with E-state index in [0.29, 0.717) is 6.54 Å². The molecule has 5 nitrogen and oxygen atoms in total. The quantitative estimate of drug-likeness (QED) is 0.730. The maximum Gasteiger partial charge on any atom is 0.216 e. The van der Waals surface area contributed by atoms with Gasteiger partial charge >= 0.3 is 0 Å². The lowest BCUT2D eigenvalue weighted by atomic mass is 10.2. The van der Waals surface area contributed by atoms with Crippen LogP contribution in [-0.4, -0.2) is 70.2 Å². The van der Waals surface area contributed by atoms with Crippen molar-refractivity contribution >= 4 is 10.0 Å². The highest BCUT2D eigenvalue weighted by Gasteiger charge is 2.30. The van der Waals surface area contributed by atoms with Crippen molar-refractivity contribution in [3.05, 3.63) is 0 Å². The summed E-state index contributed by atoms with van der Waals surface area (Å²) in [5.41, 5.74) is 0. The molecule has 1 fully saturated rings. The molecule has 1 aliphatic rings. The van der Waals surface area contributed by atoms with Crippen LogP contribution in [0.4, 0.5) is 0 Å². The predicted octanol–water partition coefficient (Wildman–Crippen LogP) is -0.0483. The molecular weight excluding hydrogens is 238 g/mol. The first-order chi connectivity index (χ1) is 7.94. The van der Waals surface area contributed by atoms with Gasteiger partial charge in [-0.25, -0.2) is 12.7 Å². The Morgan fingerprint density at radius 3 is 2.24 bits per heavy atom. The van der Waals surface area contributed by atoms with Crippen molar-refractivity contribution in [3.8, 4) is 0 Å². The van der Waals surface area contributed by atoms with Crippen LogP contribution in [0, 0.1) is 0 Å². The number of sulfonamides is 1. The van der Waals surface area contributed by atoms with E-state index in [9.17, 15) is 8.42 Å². The molecule has 0 spiro atoms. The van der Waals surface area contributed by atoms with E-state index in [2.05, 4.69) is 10.2 Å². The Balaban J connectivity index is 2.45. The molecule has 1 saturated heterocycles. The summed E-state index contributed by atoms with van der Waals surface area (Å²) >= 11 is 0. The number of nitrogens with one attached hydrogen (secondary N) is 1. The fourth-order valence-electron chi connectivity index (χ4n) is 2.08. The number of hydrogen-bond donors (Lipinski definition) is 1. The van der Waals surface area contributed by atoms with Gasteiger partial charge in [-0.1, -0.05) is 0 Å². The summed E-state index contributed by atoms with van der Waals surface area (Å²) in [5.74, 6) is 0. The van der Waals surface area contributed by atoms with E-state index in [1.165, 1.54) is 4.31 Å². The Bertz CT molecular complexity index is 311. The van der Waals surface area contributed by atoms with E-state index < -0.39 is 10.0 Å². The lowest BCUT2D eigenvalue weighted by molar-refractivity contribution is 0.365. The van der Waals surface area contributed by atoms with Gasteiger partial charge in [0.2, 0.25) is 10.0 Å². The van der Waals surface area contributed by atoms with Gasteiger partial charge in [0, 0.05) is 13.6 Å². The minimum Gasteiger partial charge on any atom is -0.317 e. The third-order valence-corrected chi connectivity index (χ3v) is 5.59. The molecule has 0 unspecified atom stereocenters. The van der Waals surface area contributed by atoms with E-state index in [4.69, 9.17) is 0 Å². The number of piperidine rings is 1. The van der Waals surface area contributed by atoms with Crippen LogP contribution in [0.25, 0.3) is 0 Å². The summed E-state index contributed by atoms with van der Waals surface area (Å²) in [7, 11) is 2.62. The van der Waals surface area contributed by atoms with Crippen LogP contribution in [0.1, 0.15) is 19.3 Å². The third-order valence-electron chi connectivity index (χ3n) is 3.22. The SMILES string of the molecule is CN(C)CCCN(C)S(=O)(=O)C1CCNCC1. The Morgan fingerprint density at radius 1 is 1.12 bits per heavy atom. The molecule has 1 aliphatic heterocycles. The number of hydrogen-bond acceptors (Lipinski definition) is 4. The van der Waals surface area contributed by atoms with Gasteiger partial charge in [-0.15, -0.1) is 0 Å². The Morgan fingerprint density at radius 2 is 1.71 bits per heavy atom. The zero-order valence-corrected chi connectivity index (χ0v) is 12.0. The molecule has 0 saturated carbocycles. The molecule has 0 aliphatic carbocycles. The molecule has 0 radical (unpaired) electrons. The van der Waals surface area contributed by atoms with Crippen molar-refractivity contribution in [1.29, 1.82) is 0 Å². The standard InChI is InChI=1S/C11H25N3O2S/c1-13(2)9-4-10-14(3)17(15,16)11-5-7-12-8-6-11/h11-12H,4-10H2,1-3H3. The van der Waals surface area contributed by atoms with Gasteiger partial charge in [-0.05, 0) is 53.0 Å². The lowest BCUT2D eigenvalue weighted by Gasteiger charge is -2.27. The molecule has 1 rings (SSSR count). The van der Waals surface area contributed by atoms with Crippen molar-refractivity contribution in [2.24, 2.45) is 0 Å². The fourth-order valence-corrected chi connectivity index (χ4v) is 3.81. The largest absolute Gasteiger partial charge is 0.317 e. The second-order valence-corrected chi connectivity index (χ2v) is 7.29. The van der Waals surface area contributed by atoms with E-state index in [-0.39, 0.29) is 5.25 Å². The molecule has 17 heavy (non-hydrogen) atoms. The van der Waals surface area contributed by atoms with E-state index in [1.54, 1.807) is 7.05 Å². The third kappa shape index (κ3) is 4.54. The molecule has 1 heterocycles. The van der Waals surface area contributed by atoms with Crippen LogP contribution in [0.15, 0.2) is 0 Å². The maximum absolute atomic E-state index is 12.2. The van der Waals surface area contributed by atoms with Crippen molar-refractivity contribution in [1.82, 2.24) is 14.5 Å². The molecule has 6 heteroatoms. The van der Waals surface area contributed by atoms with Crippen molar-refractivity contribution in [3.63, 3.8) is 0 Å². The molecule has 0 aromatic heterocycles. The highest BCUT2D eigenvalue weighted by atomic mass is 32.2. The summed E-state index contributed by atoms with van der Waals surface area (Å²) in [4.78, 5) is 2.07. The summed E-state index contributed by atoms with van der Waals surface area (Å²) < 4.78 is 26.0. The molecule has 0 aromatic carbocycles. The summed E-state index contributed by atoms with van der Waals surface area (Å²) in [6.45, 7) is 3.17. The minimum absolute atomic E-state index is 0.187. The van der Waals surface area contributed by atoms with Crippen LogP contribution in [0.5, 0.6) is 0 Å². The first kappa shape index (κ1) is 14.9.